The number of rotatable bonds is 4. The van der Waals surface area contributed by atoms with Crippen molar-refractivity contribution in [1.29, 1.82) is 5.26 Å². The van der Waals surface area contributed by atoms with E-state index in [9.17, 15) is 4.79 Å². The Morgan fingerprint density at radius 1 is 1.61 bits per heavy atom. The van der Waals surface area contributed by atoms with Gasteiger partial charge in [-0.15, -0.1) is 0 Å². The average Bonchev–Trinajstić information content (AvgIpc) is 2.37. The molecule has 0 saturated carbocycles. The zero-order chi connectivity index (χ0) is 13.7. The lowest BCUT2D eigenvalue weighted by Crippen LogP contribution is -2.30. The standard InChI is InChI=1S/C13H17N3O2/c1-9(6-7-14)16(2)12-5-4-10(15)8-11(12)13(17)18-3/h4-5,8-9H,6,15H2,1-3H3. The molecule has 2 N–H and O–H groups in total. The van der Waals surface area contributed by atoms with Crippen molar-refractivity contribution in [2.24, 2.45) is 0 Å². The first-order valence-corrected chi connectivity index (χ1v) is 5.58. The van der Waals surface area contributed by atoms with Gasteiger partial charge in [0.05, 0.1) is 30.9 Å². The number of hydrogen-bond acceptors (Lipinski definition) is 5. The van der Waals surface area contributed by atoms with Crippen LogP contribution in [0.25, 0.3) is 0 Å². The second-order valence-electron chi connectivity index (χ2n) is 4.09. The van der Waals surface area contributed by atoms with Crippen molar-refractivity contribution in [3.8, 4) is 6.07 Å². The normalized spacial score (nSPS) is 11.4. The number of hydrogen-bond donors (Lipinski definition) is 1. The molecule has 1 unspecified atom stereocenters. The van der Waals surface area contributed by atoms with Gasteiger partial charge in [0, 0.05) is 18.8 Å². The van der Waals surface area contributed by atoms with Gasteiger partial charge in [-0.05, 0) is 25.1 Å². The molecule has 5 heteroatoms. The summed E-state index contributed by atoms with van der Waals surface area (Å²) in [6.45, 7) is 1.92. The van der Waals surface area contributed by atoms with Crippen molar-refractivity contribution in [3.63, 3.8) is 0 Å². The van der Waals surface area contributed by atoms with Gasteiger partial charge in [-0.2, -0.15) is 5.26 Å². The fraction of sp³-hybridized carbons (Fsp3) is 0.385. The Hall–Kier alpha value is -2.22. The molecule has 0 amide bonds. The van der Waals surface area contributed by atoms with Crippen molar-refractivity contribution in [2.75, 3.05) is 24.8 Å². The summed E-state index contributed by atoms with van der Waals surface area (Å²) in [5.74, 6) is -0.437. The third-order valence-electron chi connectivity index (χ3n) is 2.85. The van der Waals surface area contributed by atoms with Crippen LogP contribution in [0.2, 0.25) is 0 Å². The molecule has 0 saturated heterocycles. The molecule has 0 spiro atoms. The first-order valence-electron chi connectivity index (χ1n) is 5.58. The maximum absolute atomic E-state index is 11.7. The molecule has 0 heterocycles. The summed E-state index contributed by atoms with van der Waals surface area (Å²) < 4.78 is 4.74. The SMILES string of the molecule is COC(=O)c1cc(N)ccc1N(C)C(C)CC#N. The highest BCUT2D eigenvalue weighted by molar-refractivity contribution is 5.97. The molecule has 1 aromatic carbocycles. The molecule has 0 aromatic heterocycles. The minimum atomic E-state index is -0.437. The molecule has 0 bridgehead atoms. The van der Waals surface area contributed by atoms with Gasteiger partial charge >= 0.3 is 5.97 Å². The van der Waals surface area contributed by atoms with E-state index in [0.29, 0.717) is 23.4 Å². The van der Waals surface area contributed by atoms with Gasteiger partial charge in [0.2, 0.25) is 0 Å². The minimum absolute atomic E-state index is 0.00188. The van der Waals surface area contributed by atoms with Crippen molar-refractivity contribution < 1.29 is 9.53 Å². The third-order valence-corrected chi connectivity index (χ3v) is 2.85. The van der Waals surface area contributed by atoms with Crippen molar-refractivity contribution in [3.05, 3.63) is 23.8 Å². The molecule has 1 aromatic rings. The first kappa shape index (κ1) is 13.8. The number of nitrogens with zero attached hydrogens (tertiary/aromatic N) is 2. The smallest absolute Gasteiger partial charge is 0.340 e. The number of benzene rings is 1. The van der Waals surface area contributed by atoms with E-state index in [1.165, 1.54) is 7.11 Å². The largest absolute Gasteiger partial charge is 0.465 e. The number of nitrogens with two attached hydrogens (primary N) is 1. The van der Waals surface area contributed by atoms with Crippen LogP contribution in [0.15, 0.2) is 18.2 Å². The first-order chi connectivity index (χ1) is 8.51. The Morgan fingerprint density at radius 3 is 2.83 bits per heavy atom. The highest BCUT2D eigenvalue weighted by atomic mass is 16.5. The maximum Gasteiger partial charge on any atom is 0.340 e. The summed E-state index contributed by atoms with van der Waals surface area (Å²) in [7, 11) is 3.16. The summed E-state index contributed by atoms with van der Waals surface area (Å²) in [6.07, 6.45) is 0.376. The van der Waals surface area contributed by atoms with Gasteiger partial charge < -0.3 is 15.4 Å². The summed E-state index contributed by atoms with van der Waals surface area (Å²) in [5, 5.41) is 8.71. The molecular weight excluding hydrogens is 230 g/mol. The predicted molar refractivity (Wildman–Crippen MR) is 70.3 cm³/mol. The topological polar surface area (TPSA) is 79.3 Å². The van der Waals surface area contributed by atoms with Gasteiger partial charge in [-0.25, -0.2) is 4.79 Å². The Labute approximate surface area is 107 Å². The monoisotopic (exact) mass is 247 g/mol. The summed E-state index contributed by atoms with van der Waals surface area (Å²) >= 11 is 0. The van der Waals surface area contributed by atoms with E-state index < -0.39 is 5.97 Å². The highest BCUT2D eigenvalue weighted by Gasteiger charge is 2.18. The molecule has 5 nitrogen and oxygen atoms in total. The van der Waals surface area contributed by atoms with E-state index in [4.69, 9.17) is 15.7 Å². The fourth-order valence-corrected chi connectivity index (χ4v) is 1.64. The molecule has 0 fully saturated rings. The lowest BCUT2D eigenvalue weighted by molar-refractivity contribution is 0.0601. The molecule has 96 valence electrons. The number of methoxy groups -OCH3 is 1. The Morgan fingerprint density at radius 2 is 2.28 bits per heavy atom. The van der Waals surface area contributed by atoms with Crippen molar-refractivity contribution in [2.45, 2.75) is 19.4 Å². The third kappa shape index (κ3) is 2.92. The molecule has 0 aliphatic heterocycles. The Kier molecular flexibility index (Phi) is 4.55. The van der Waals surface area contributed by atoms with Gasteiger partial charge in [0.25, 0.3) is 0 Å². The van der Waals surface area contributed by atoms with Crippen LogP contribution in [0, 0.1) is 11.3 Å². The number of nitriles is 1. The van der Waals surface area contributed by atoms with Crippen LogP contribution in [0.5, 0.6) is 0 Å². The van der Waals surface area contributed by atoms with Gasteiger partial charge in [0.1, 0.15) is 0 Å². The van der Waals surface area contributed by atoms with E-state index in [-0.39, 0.29) is 6.04 Å². The van der Waals surface area contributed by atoms with Gasteiger partial charge in [-0.1, -0.05) is 0 Å². The lowest BCUT2D eigenvalue weighted by atomic mass is 10.1. The van der Waals surface area contributed by atoms with E-state index >= 15 is 0 Å². The van der Waals surface area contributed by atoms with Crippen LogP contribution in [0.3, 0.4) is 0 Å². The zero-order valence-corrected chi connectivity index (χ0v) is 10.8. The molecule has 0 aliphatic carbocycles. The highest BCUT2D eigenvalue weighted by Crippen LogP contribution is 2.25. The quantitative estimate of drug-likeness (QED) is 0.648. The van der Waals surface area contributed by atoms with Crippen molar-refractivity contribution >= 4 is 17.3 Å². The Balaban J connectivity index is 3.15. The number of anilines is 2. The van der Waals surface area contributed by atoms with Crippen LogP contribution in [-0.2, 0) is 4.74 Å². The minimum Gasteiger partial charge on any atom is -0.465 e. The second-order valence-corrected chi connectivity index (χ2v) is 4.09. The molecule has 1 atom stereocenters. The van der Waals surface area contributed by atoms with Gasteiger partial charge in [0.15, 0.2) is 0 Å². The zero-order valence-electron chi connectivity index (χ0n) is 10.8. The fourth-order valence-electron chi connectivity index (χ4n) is 1.64. The number of esters is 1. The van der Waals surface area contributed by atoms with E-state index in [0.717, 1.165) is 0 Å². The maximum atomic E-state index is 11.7. The number of nitrogen functional groups attached to an aromatic ring is 1. The molecule has 18 heavy (non-hydrogen) atoms. The van der Waals surface area contributed by atoms with E-state index in [1.807, 2.05) is 18.9 Å². The van der Waals surface area contributed by atoms with E-state index in [2.05, 4.69) is 6.07 Å². The number of ether oxygens (including phenoxy) is 1. The number of carbonyl (C=O) groups excluding carboxylic acids is 1. The summed E-state index contributed by atoms with van der Waals surface area (Å²) in [5.41, 5.74) is 7.29. The molecular formula is C13H17N3O2. The van der Waals surface area contributed by atoms with Crippen molar-refractivity contribution in [1.82, 2.24) is 0 Å². The van der Waals surface area contributed by atoms with Crippen LogP contribution in [-0.4, -0.2) is 26.2 Å². The molecule has 0 aliphatic rings. The van der Waals surface area contributed by atoms with Crippen LogP contribution >= 0.6 is 0 Å². The average molecular weight is 247 g/mol. The molecule has 1 rings (SSSR count). The lowest BCUT2D eigenvalue weighted by Gasteiger charge is -2.27. The number of carbonyl (C=O) groups is 1. The predicted octanol–water partition coefficient (Wildman–Crippen LogP) is 1.79. The van der Waals surface area contributed by atoms with E-state index in [1.54, 1.807) is 18.2 Å². The summed E-state index contributed by atoms with van der Waals surface area (Å²) in [4.78, 5) is 13.6. The van der Waals surface area contributed by atoms with Crippen LogP contribution in [0.4, 0.5) is 11.4 Å². The second kappa shape index (κ2) is 5.92. The van der Waals surface area contributed by atoms with Crippen LogP contribution < -0.4 is 10.6 Å². The van der Waals surface area contributed by atoms with Crippen LogP contribution in [0.1, 0.15) is 23.7 Å². The van der Waals surface area contributed by atoms with Gasteiger partial charge in [-0.3, -0.25) is 0 Å². The Bertz CT molecular complexity index is 480. The molecule has 0 radical (unpaired) electrons. The summed E-state index contributed by atoms with van der Waals surface area (Å²) in [6, 6.07) is 7.17.